The molecule has 0 spiro atoms. The van der Waals surface area contributed by atoms with Crippen LogP contribution in [0.2, 0.25) is 0 Å². The smallest absolute Gasteiger partial charge is 0.236 e. The van der Waals surface area contributed by atoms with Crippen LogP contribution in [0.15, 0.2) is 30.6 Å². The summed E-state index contributed by atoms with van der Waals surface area (Å²) in [5.74, 6) is 1.20. The zero-order valence-corrected chi connectivity index (χ0v) is 20.0. The van der Waals surface area contributed by atoms with Gasteiger partial charge in [-0.25, -0.2) is 4.98 Å². The van der Waals surface area contributed by atoms with Gasteiger partial charge < -0.3 is 9.80 Å². The van der Waals surface area contributed by atoms with Gasteiger partial charge in [-0.15, -0.1) is 0 Å². The average Bonchev–Trinajstić information content (AvgIpc) is 2.78. The molecule has 0 bridgehead atoms. The number of aryl methyl sites for hydroxylation is 2. The molecular formula is C26H36N6O. The zero-order chi connectivity index (χ0) is 22.8. The normalized spacial score (nSPS) is 20.7. The first kappa shape index (κ1) is 22.3. The van der Waals surface area contributed by atoms with Crippen LogP contribution >= 0.6 is 0 Å². The standard InChI is InChI=1S/C26H36N6O/c1-20-14-21(2)16-22(15-20)24-17-28-25(18-27-24)31-8-6-29(7-9-31)19-26(33)32-12-10-30(11-13-32)23-4-3-5-23/h14-18,23H,3-13,19H2,1-2H3. The summed E-state index contributed by atoms with van der Waals surface area (Å²) >= 11 is 0. The van der Waals surface area contributed by atoms with Crippen LogP contribution in [0.4, 0.5) is 5.82 Å². The number of rotatable bonds is 5. The van der Waals surface area contributed by atoms with Gasteiger partial charge in [0.1, 0.15) is 5.82 Å². The number of benzene rings is 1. The molecule has 1 aromatic carbocycles. The van der Waals surface area contributed by atoms with Gasteiger partial charge in [0.15, 0.2) is 0 Å². The van der Waals surface area contributed by atoms with Crippen LogP contribution in [0.5, 0.6) is 0 Å². The van der Waals surface area contributed by atoms with E-state index in [0.717, 1.165) is 75.5 Å². The molecule has 3 fully saturated rings. The van der Waals surface area contributed by atoms with Gasteiger partial charge in [0.05, 0.1) is 24.6 Å². The fourth-order valence-electron chi connectivity index (χ4n) is 5.27. The van der Waals surface area contributed by atoms with Gasteiger partial charge in [-0.2, -0.15) is 0 Å². The highest BCUT2D eigenvalue weighted by Gasteiger charge is 2.30. The molecule has 3 aliphatic rings. The van der Waals surface area contributed by atoms with Gasteiger partial charge in [-0.1, -0.05) is 23.6 Å². The molecule has 7 heteroatoms. The number of hydrogen-bond acceptors (Lipinski definition) is 6. The summed E-state index contributed by atoms with van der Waals surface area (Å²) < 4.78 is 0. The lowest BCUT2D eigenvalue weighted by Gasteiger charge is -2.43. The lowest BCUT2D eigenvalue weighted by atomic mass is 9.91. The first-order valence-corrected chi connectivity index (χ1v) is 12.4. The van der Waals surface area contributed by atoms with Gasteiger partial charge in [0.2, 0.25) is 5.91 Å². The summed E-state index contributed by atoms with van der Waals surface area (Å²) in [6.45, 7) is 12.1. The van der Waals surface area contributed by atoms with E-state index in [0.29, 0.717) is 6.54 Å². The minimum Gasteiger partial charge on any atom is -0.353 e. The van der Waals surface area contributed by atoms with Crippen LogP contribution in [0, 0.1) is 13.8 Å². The summed E-state index contributed by atoms with van der Waals surface area (Å²) in [6.07, 6.45) is 7.82. The maximum Gasteiger partial charge on any atom is 0.236 e. The van der Waals surface area contributed by atoms with E-state index in [4.69, 9.17) is 4.98 Å². The number of amides is 1. The molecule has 1 amide bonds. The molecule has 176 valence electrons. The van der Waals surface area contributed by atoms with Gasteiger partial charge in [0, 0.05) is 64.0 Å². The second-order valence-electron chi connectivity index (χ2n) is 9.90. The van der Waals surface area contributed by atoms with Gasteiger partial charge >= 0.3 is 0 Å². The number of hydrogen-bond donors (Lipinski definition) is 0. The summed E-state index contributed by atoms with van der Waals surface area (Å²) in [6, 6.07) is 7.26. The van der Waals surface area contributed by atoms with Crippen LogP contribution < -0.4 is 4.90 Å². The summed E-state index contributed by atoms with van der Waals surface area (Å²) in [5, 5.41) is 0. The van der Waals surface area contributed by atoms with Crippen LogP contribution in [0.3, 0.4) is 0 Å². The number of carbonyl (C=O) groups excluding carboxylic acids is 1. The van der Waals surface area contributed by atoms with Crippen LogP contribution in [-0.4, -0.2) is 95.5 Å². The maximum absolute atomic E-state index is 12.8. The van der Waals surface area contributed by atoms with E-state index in [1.165, 1.54) is 30.4 Å². The molecular weight excluding hydrogens is 412 g/mol. The minimum absolute atomic E-state index is 0.286. The Morgan fingerprint density at radius 3 is 2.15 bits per heavy atom. The largest absolute Gasteiger partial charge is 0.353 e. The number of carbonyl (C=O) groups is 1. The molecule has 0 unspecified atom stereocenters. The molecule has 5 rings (SSSR count). The molecule has 0 N–H and O–H groups in total. The Balaban J connectivity index is 1.09. The highest BCUT2D eigenvalue weighted by molar-refractivity contribution is 5.78. The lowest BCUT2D eigenvalue weighted by molar-refractivity contribution is -0.134. The Kier molecular flexibility index (Phi) is 6.60. The van der Waals surface area contributed by atoms with Crippen molar-refractivity contribution in [3.05, 3.63) is 41.7 Å². The van der Waals surface area contributed by atoms with Crippen molar-refractivity contribution in [3.8, 4) is 11.3 Å². The highest BCUT2D eigenvalue weighted by atomic mass is 16.2. The number of piperazine rings is 2. The molecule has 0 radical (unpaired) electrons. The Bertz CT molecular complexity index is 937. The fourth-order valence-corrected chi connectivity index (χ4v) is 5.27. The molecule has 3 heterocycles. The quantitative estimate of drug-likeness (QED) is 0.701. The molecule has 0 atom stereocenters. The van der Waals surface area contributed by atoms with E-state index in [-0.39, 0.29) is 5.91 Å². The maximum atomic E-state index is 12.8. The van der Waals surface area contributed by atoms with E-state index < -0.39 is 0 Å². The van der Waals surface area contributed by atoms with E-state index in [9.17, 15) is 4.79 Å². The molecule has 1 aliphatic carbocycles. The molecule has 2 aliphatic heterocycles. The Hall–Kier alpha value is -2.51. The Morgan fingerprint density at radius 2 is 1.58 bits per heavy atom. The average molecular weight is 449 g/mol. The number of nitrogens with zero attached hydrogens (tertiary/aromatic N) is 6. The Morgan fingerprint density at radius 1 is 0.879 bits per heavy atom. The fraction of sp³-hybridized carbons (Fsp3) is 0.577. The molecule has 2 saturated heterocycles. The molecule has 1 saturated carbocycles. The highest BCUT2D eigenvalue weighted by Crippen LogP contribution is 2.25. The predicted octanol–water partition coefficient (Wildman–Crippen LogP) is 2.58. The van der Waals surface area contributed by atoms with Gasteiger partial charge in [-0.3, -0.25) is 19.6 Å². The third-order valence-electron chi connectivity index (χ3n) is 7.47. The van der Waals surface area contributed by atoms with E-state index >= 15 is 0 Å². The molecule has 7 nitrogen and oxygen atoms in total. The topological polar surface area (TPSA) is 55.8 Å². The van der Waals surface area contributed by atoms with E-state index in [2.05, 4.69) is 56.6 Å². The van der Waals surface area contributed by atoms with Crippen LogP contribution in [-0.2, 0) is 4.79 Å². The second kappa shape index (κ2) is 9.77. The second-order valence-corrected chi connectivity index (χ2v) is 9.90. The monoisotopic (exact) mass is 448 g/mol. The predicted molar refractivity (Wildman–Crippen MR) is 131 cm³/mol. The van der Waals surface area contributed by atoms with Crippen LogP contribution in [0.25, 0.3) is 11.3 Å². The van der Waals surface area contributed by atoms with Crippen molar-refractivity contribution in [2.75, 3.05) is 63.8 Å². The third-order valence-corrected chi connectivity index (χ3v) is 7.47. The van der Waals surface area contributed by atoms with E-state index in [1.807, 2.05) is 12.4 Å². The van der Waals surface area contributed by atoms with Crippen molar-refractivity contribution >= 4 is 11.7 Å². The van der Waals surface area contributed by atoms with Crippen molar-refractivity contribution in [1.29, 1.82) is 0 Å². The summed E-state index contributed by atoms with van der Waals surface area (Å²) in [4.78, 5) is 31.4. The third kappa shape index (κ3) is 5.20. The van der Waals surface area contributed by atoms with Crippen LogP contribution in [0.1, 0.15) is 30.4 Å². The lowest BCUT2D eigenvalue weighted by Crippen LogP contribution is -2.56. The van der Waals surface area contributed by atoms with Crippen molar-refractivity contribution < 1.29 is 4.79 Å². The van der Waals surface area contributed by atoms with E-state index in [1.54, 1.807) is 0 Å². The summed E-state index contributed by atoms with van der Waals surface area (Å²) in [7, 11) is 0. The van der Waals surface area contributed by atoms with Crippen molar-refractivity contribution in [2.45, 2.75) is 39.2 Å². The van der Waals surface area contributed by atoms with Crippen molar-refractivity contribution in [1.82, 2.24) is 24.7 Å². The van der Waals surface area contributed by atoms with Crippen molar-refractivity contribution in [2.24, 2.45) is 0 Å². The first-order chi connectivity index (χ1) is 16.0. The minimum atomic E-state index is 0.286. The first-order valence-electron chi connectivity index (χ1n) is 12.4. The Labute approximate surface area is 197 Å². The van der Waals surface area contributed by atoms with Gasteiger partial charge in [0.25, 0.3) is 0 Å². The number of aromatic nitrogens is 2. The number of anilines is 1. The zero-order valence-electron chi connectivity index (χ0n) is 20.0. The SMILES string of the molecule is Cc1cc(C)cc(-c2cnc(N3CCN(CC(=O)N4CCN(C5CCC5)CC4)CC3)cn2)c1. The summed E-state index contributed by atoms with van der Waals surface area (Å²) in [5.41, 5.74) is 4.50. The molecule has 33 heavy (non-hydrogen) atoms. The van der Waals surface area contributed by atoms with Crippen molar-refractivity contribution in [3.63, 3.8) is 0 Å². The molecule has 1 aromatic heterocycles. The van der Waals surface area contributed by atoms with Gasteiger partial charge in [-0.05, 0) is 38.8 Å². The molecule has 2 aromatic rings.